The van der Waals surface area contributed by atoms with Crippen molar-refractivity contribution in [1.82, 2.24) is 0 Å². The van der Waals surface area contributed by atoms with Crippen LogP contribution < -0.4 is 16.8 Å². The molecule has 21 heavy (non-hydrogen) atoms. The summed E-state index contributed by atoms with van der Waals surface area (Å²) in [5.41, 5.74) is 10.9. The highest BCUT2D eigenvalue weighted by atomic mass is 16.4. The molecule has 1 fully saturated rings. The number of aliphatic hydroxyl groups excluding tert-OH is 2. The van der Waals surface area contributed by atoms with Gasteiger partial charge in [-0.05, 0) is 19.1 Å². The zero-order chi connectivity index (χ0) is 15.8. The molecule has 0 saturated heterocycles. The molecule has 0 aliphatic heterocycles. The molecule has 0 aromatic heterocycles. The molecule has 0 unspecified atom stereocenters. The number of hydrogen-bond donors (Lipinski definition) is 6. The Morgan fingerprint density at radius 3 is 2.62 bits per heavy atom. The van der Waals surface area contributed by atoms with E-state index in [1.807, 2.05) is 0 Å². The molecule has 7 nitrogen and oxygen atoms in total. The fourth-order valence-electron chi connectivity index (χ4n) is 2.70. The number of nitrogens with two attached hydrogens (primary N) is 2. The quantitative estimate of drug-likeness (QED) is 0.368. The third-order valence-corrected chi connectivity index (χ3v) is 4.09. The molecule has 0 radical (unpaired) electrons. The minimum atomic E-state index is -1.84. The van der Waals surface area contributed by atoms with Gasteiger partial charge in [-0.25, -0.2) is 0 Å². The van der Waals surface area contributed by atoms with Crippen molar-refractivity contribution < 1.29 is 20.1 Å². The molecule has 0 amide bonds. The lowest BCUT2D eigenvalue weighted by Crippen LogP contribution is -2.56. The molecule has 1 aliphatic carbocycles. The molecule has 0 spiro atoms. The molecular weight excluding hydrogens is 274 g/mol. The summed E-state index contributed by atoms with van der Waals surface area (Å²) in [6.45, 7) is 0.768. The molecule has 1 aromatic rings. The van der Waals surface area contributed by atoms with Gasteiger partial charge < -0.3 is 32.1 Å². The van der Waals surface area contributed by atoms with Gasteiger partial charge >= 0.3 is 0 Å². The summed E-state index contributed by atoms with van der Waals surface area (Å²) in [4.78, 5) is 11.4. The van der Waals surface area contributed by atoms with Gasteiger partial charge in [-0.2, -0.15) is 0 Å². The highest BCUT2D eigenvalue weighted by molar-refractivity contribution is 5.94. The van der Waals surface area contributed by atoms with Crippen LogP contribution in [0.15, 0.2) is 24.3 Å². The van der Waals surface area contributed by atoms with Crippen LogP contribution in [0.3, 0.4) is 0 Å². The Labute approximate surface area is 122 Å². The molecule has 116 valence electrons. The number of benzene rings is 1. The average molecular weight is 295 g/mol. The summed E-state index contributed by atoms with van der Waals surface area (Å²) >= 11 is 0. The van der Waals surface area contributed by atoms with Crippen molar-refractivity contribution in [2.24, 2.45) is 11.5 Å². The average Bonchev–Trinajstić information content (AvgIpc) is 2.63. The van der Waals surface area contributed by atoms with E-state index in [2.05, 4.69) is 5.32 Å². The fraction of sp³-hybridized carbons (Fsp3) is 0.500. The molecule has 1 aromatic carbocycles. The molecule has 1 aliphatic rings. The zero-order valence-corrected chi connectivity index (χ0v) is 11.7. The number of anilines is 1. The Hall–Kier alpha value is -1.51. The second-order valence-corrected chi connectivity index (χ2v) is 5.51. The lowest BCUT2D eigenvalue weighted by molar-refractivity contribution is -0.0936. The molecular formula is C14H21N3O4. The molecule has 0 bridgehead atoms. The second kappa shape index (κ2) is 5.70. The Balaban J connectivity index is 2.29. The van der Waals surface area contributed by atoms with Crippen LogP contribution in [-0.4, -0.2) is 57.5 Å². The van der Waals surface area contributed by atoms with Crippen LogP contribution in [0.5, 0.6) is 0 Å². The lowest BCUT2D eigenvalue weighted by atomic mass is 9.95. The number of rotatable bonds is 4. The van der Waals surface area contributed by atoms with Gasteiger partial charge in [0, 0.05) is 17.3 Å². The van der Waals surface area contributed by atoms with Crippen molar-refractivity contribution in [1.29, 1.82) is 0 Å². The Kier molecular flexibility index (Phi) is 4.31. The Morgan fingerprint density at radius 1 is 1.38 bits per heavy atom. The largest absolute Gasteiger partial charge is 0.393 e. The first-order valence-electron chi connectivity index (χ1n) is 6.71. The van der Waals surface area contributed by atoms with Crippen molar-refractivity contribution >= 4 is 11.5 Å². The Bertz CT molecular complexity index is 539. The highest BCUT2D eigenvalue weighted by Crippen LogP contribution is 2.31. The summed E-state index contributed by atoms with van der Waals surface area (Å²) in [6, 6.07) is 4.22. The second-order valence-electron chi connectivity index (χ2n) is 5.51. The van der Waals surface area contributed by atoms with Crippen LogP contribution >= 0.6 is 0 Å². The van der Waals surface area contributed by atoms with E-state index in [1.165, 1.54) is 6.92 Å². The monoisotopic (exact) mass is 295 g/mol. The molecule has 8 N–H and O–H groups in total. The van der Waals surface area contributed by atoms with Crippen molar-refractivity contribution in [2.45, 2.75) is 36.8 Å². The summed E-state index contributed by atoms with van der Waals surface area (Å²) in [7, 11) is 0. The van der Waals surface area contributed by atoms with Gasteiger partial charge in [0.2, 0.25) is 0 Å². The molecule has 0 heterocycles. The number of nitrogens with one attached hydrogen (secondary N) is 1. The van der Waals surface area contributed by atoms with Gasteiger partial charge in [0.25, 0.3) is 0 Å². The zero-order valence-electron chi connectivity index (χ0n) is 11.7. The molecule has 1 saturated carbocycles. The van der Waals surface area contributed by atoms with E-state index in [4.69, 9.17) is 11.5 Å². The van der Waals surface area contributed by atoms with Crippen molar-refractivity contribution in [3.05, 3.63) is 29.8 Å². The van der Waals surface area contributed by atoms with Crippen LogP contribution in [0.2, 0.25) is 0 Å². The highest BCUT2D eigenvalue weighted by Gasteiger charge is 2.57. The van der Waals surface area contributed by atoms with Gasteiger partial charge in [0.1, 0.15) is 11.7 Å². The predicted molar refractivity (Wildman–Crippen MR) is 77.9 cm³/mol. The summed E-state index contributed by atoms with van der Waals surface area (Å²) in [5.74, 6) is -0.0940. The third-order valence-electron chi connectivity index (χ3n) is 4.09. The summed E-state index contributed by atoms with van der Waals surface area (Å²) in [5, 5.41) is 32.8. The van der Waals surface area contributed by atoms with E-state index < -0.39 is 36.4 Å². The number of aliphatic hydroxyl groups is 3. The van der Waals surface area contributed by atoms with Gasteiger partial charge in [-0.3, -0.25) is 4.79 Å². The van der Waals surface area contributed by atoms with Crippen LogP contribution in [0.25, 0.3) is 0 Å². The van der Waals surface area contributed by atoms with E-state index in [0.29, 0.717) is 11.3 Å². The van der Waals surface area contributed by atoms with Gasteiger partial charge in [0.15, 0.2) is 5.78 Å². The topological polar surface area (TPSA) is 142 Å². The maximum atomic E-state index is 11.4. The summed E-state index contributed by atoms with van der Waals surface area (Å²) < 4.78 is 0. The number of Topliss-reactive ketones (excluding diaryl/α,β-unsaturated/α-hetero) is 1. The number of hydrogen-bond acceptors (Lipinski definition) is 7. The predicted octanol–water partition coefficient (Wildman–Crippen LogP) is -1.58. The van der Waals surface area contributed by atoms with Crippen molar-refractivity contribution in [3.63, 3.8) is 0 Å². The number of carbonyl (C=O) groups is 1. The number of ketones is 1. The molecule has 2 rings (SSSR count). The van der Waals surface area contributed by atoms with E-state index >= 15 is 0 Å². The number of carbonyl (C=O) groups excluding carboxylic acids is 1. The van der Waals surface area contributed by atoms with E-state index in [9.17, 15) is 20.1 Å². The van der Waals surface area contributed by atoms with Crippen LogP contribution in [0, 0.1) is 0 Å². The summed E-state index contributed by atoms with van der Waals surface area (Å²) in [6.07, 6.45) is -1.34. The van der Waals surface area contributed by atoms with E-state index in [-0.39, 0.29) is 5.78 Å². The first kappa shape index (κ1) is 15.9. The van der Waals surface area contributed by atoms with Gasteiger partial charge in [0.05, 0.1) is 18.7 Å². The minimum Gasteiger partial charge on any atom is -0.393 e. The van der Waals surface area contributed by atoms with E-state index in [1.54, 1.807) is 24.3 Å². The fourth-order valence-corrected chi connectivity index (χ4v) is 2.70. The maximum Gasteiger partial charge on any atom is 0.159 e. The van der Waals surface area contributed by atoms with Crippen molar-refractivity contribution in [3.8, 4) is 0 Å². The maximum absolute atomic E-state index is 11.4. The Morgan fingerprint density at radius 2 is 2.05 bits per heavy atom. The van der Waals surface area contributed by atoms with Crippen LogP contribution in [0.4, 0.5) is 5.69 Å². The lowest BCUT2D eigenvalue weighted by Gasteiger charge is -2.33. The van der Waals surface area contributed by atoms with Crippen LogP contribution in [-0.2, 0) is 0 Å². The first-order valence-corrected chi connectivity index (χ1v) is 6.71. The molecule has 5 atom stereocenters. The van der Waals surface area contributed by atoms with Gasteiger partial charge in [-0.1, -0.05) is 12.1 Å². The smallest absolute Gasteiger partial charge is 0.159 e. The SMILES string of the molecule is CC(=O)c1cccc(N[C@H]2[C@H](N)[C@H](N)[C@@H](O)[C@@]2(O)CO)c1. The minimum absolute atomic E-state index is 0.0940. The standard InChI is InChI=1S/C14H21N3O4/c1-7(19)8-3-2-4-9(5-8)17-12-10(15)11(16)13(20)14(12,21)6-18/h2-5,10-13,17-18,20-21H,6,15-16H2,1H3/t10-,11+,12+,13-,14-/m1/s1. The molecule has 7 heteroatoms. The van der Waals surface area contributed by atoms with E-state index in [0.717, 1.165) is 0 Å². The normalized spacial score (nSPS) is 35.7. The third kappa shape index (κ3) is 2.66. The van der Waals surface area contributed by atoms with Crippen molar-refractivity contribution in [2.75, 3.05) is 11.9 Å². The van der Waals surface area contributed by atoms with Gasteiger partial charge in [-0.15, -0.1) is 0 Å². The van der Waals surface area contributed by atoms with Crippen LogP contribution in [0.1, 0.15) is 17.3 Å². The first-order chi connectivity index (χ1) is 9.81.